The highest BCUT2D eigenvalue weighted by Gasteiger charge is 2.24. The Morgan fingerprint density at radius 2 is 2.04 bits per heavy atom. The van der Waals surface area contributed by atoms with Gasteiger partial charge in [0.2, 0.25) is 0 Å². The van der Waals surface area contributed by atoms with Gasteiger partial charge in [0, 0.05) is 25.0 Å². The number of hydrogen-bond acceptors (Lipinski definition) is 5. The SMILES string of the molecule is O=C(c1cccnc1)N1CCCC(c2ccccc2[N+](=O)[O-])=N1. The number of nitro groups is 1. The average molecular weight is 310 g/mol. The Balaban J connectivity index is 1.94. The molecule has 0 atom stereocenters. The summed E-state index contributed by atoms with van der Waals surface area (Å²) in [6.07, 6.45) is 4.38. The minimum atomic E-state index is -0.431. The van der Waals surface area contributed by atoms with Crippen molar-refractivity contribution in [3.8, 4) is 0 Å². The summed E-state index contributed by atoms with van der Waals surface area (Å²) in [7, 11) is 0. The van der Waals surface area contributed by atoms with Crippen LogP contribution < -0.4 is 0 Å². The van der Waals surface area contributed by atoms with E-state index in [-0.39, 0.29) is 11.6 Å². The van der Waals surface area contributed by atoms with Crippen molar-refractivity contribution in [3.05, 3.63) is 70.0 Å². The number of nitrogens with zero attached hydrogens (tertiary/aromatic N) is 4. The largest absolute Gasteiger partial charge is 0.278 e. The Hall–Kier alpha value is -3.09. The first kappa shape index (κ1) is 14.8. The zero-order valence-corrected chi connectivity index (χ0v) is 12.3. The van der Waals surface area contributed by atoms with Crippen molar-refractivity contribution >= 4 is 17.3 Å². The highest BCUT2D eigenvalue weighted by atomic mass is 16.6. The average Bonchev–Trinajstić information content (AvgIpc) is 2.62. The molecular formula is C16H14N4O3. The number of rotatable bonds is 3. The Kier molecular flexibility index (Phi) is 4.09. The molecule has 1 aromatic carbocycles. The van der Waals surface area contributed by atoms with Crippen molar-refractivity contribution in [1.82, 2.24) is 9.99 Å². The molecule has 0 spiro atoms. The molecule has 1 aliphatic rings. The van der Waals surface area contributed by atoms with Crippen molar-refractivity contribution < 1.29 is 9.72 Å². The van der Waals surface area contributed by atoms with Gasteiger partial charge in [0.25, 0.3) is 11.6 Å². The Labute approximate surface area is 132 Å². The third-order valence-electron chi connectivity index (χ3n) is 3.58. The maximum Gasteiger partial charge on any atom is 0.278 e. The van der Waals surface area contributed by atoms with Crippen molar-refractivity contribution in [2.24, 2.45) is 5.10 Å². The van der Waals surface area contributed by atoms with E-state index in [0.29, 0.717) is 36.2 Å². The van der Waals surface area contributed by atoms with Crippen molar-refractivity contribution in [2.45, 2.75) is 12.8 Å². The first-order valence-corrected chi connectivity index (χ1v) is 7.20. The number of hydrazone groups is 1. The third-order valence-corrected chi connectivity index (χ3v) is 3.58. The molecule has 0 unspecified atom stereocenters. The standard InChI is InChI=1S/C16H14N4O3/c21-16(12-5-3-9-17-11-12)19-10-4-7-14(18-19)13-6-1-2-8-15(13)20(22)23/h1-3,5-6,8-9,11H,4,7,10H2. The number of carbonyl (C=O) groups excluding carboxylic acids is 1. The monoisotopic (exact) mass is 310 g/mol. The fraction of sp³-hybridized carbons (Fsp3) is 0.188. The van der Waals surface area contributed by atoms with E-state index in [9.17, 15) is 14.9 Å². The molecule has 0 bridgehead atoms. The lowest BCUT2D eigenvalue weighted by Crippen LogP contribution is -2.32. The summed E-state index contributed by atoms with van der Waals surface area (Å²) in [5, 5.41) is 16.9. The fourth-order valence-electron chi connectivity index (χ4n) is 2.49. The van der Waals surface area contributed by atoms with Crippen molar-refractivity contribution in [1.29, 1.82) is 0 Å². The second-order valence-corrected chi connectivity index (χ2v) is 5.09. The lowest BCUT2D eigenvalue weighted by atomic mass is 10.0. The number of hydrogen-bond donors (Lipinski definition) is 0. The molecule has 1 aliphatic heterocycles. The van der Waals surface area contributed by atoms with E-state index < -0.39 is 4.92 Å². The maximum absolute atomic E-state index is 12.4. The first-order valence-electron chi connectivity index (χ1n) is 7.20. The van der Waals surface area contributed by atoms with Crippen LogP contribution in [0.3, 0.4) is 0 Å². The van der Waals surface area contributed by atoms with Gasteiger partial charge in [0.05, 0.1) is 21.8 Å². The molecule has 1 amide bonds. The Morgan fingerprint density at radius 1 is 1.22 bits per heavy atom. The Bertz CT molecular complexity index is 774. The van der Waals surface area contributed by atoms with Gasteiger partial charge in [-0.1, -0.05) is 12.1 Å². The number of nitro benzene ring substituents is 1. The molecule has 0 saturated carbocycles. The lowest BCUT2D eigenvalue weighted by Gasteiger charge is -2.23. The lowest BCUT2D eigenvalue weighted by molar-refractivity contribution is -0.385. The minimum Gasteiger partial charge on any atom is -0.267 e. The maximum atomic E-state index is 12.4. The highest BCUT2D eigenvalue weighted by molar-refractivity contribution is 6.05. The number of aromatic nitrogens is 1. The van der Waals surface area contributed by atoms with Crippen molar-refractivity contribution in [3.63, 3.8) is 0 Å². The van der Waals surface area contributed by atoms with Gasteiger partial charge in [0.1, 0.15) is 0 Å². The van der Waals surface area contributed by atoms with Gasteiger partial charge in [-0.2, -0.15) is 5.10 Å². The summed E-state index contributed by atoms with van der Waals surface area (Å²) in [5.74, 6) is -0.256. The van der Waals surface area contributed by atoms with E-state index in [0.717, 1.165) is 0 Å². The number of para-hydroxylation sites is 1. The molecule has 7 heteroatoms. The van der Waals surface area contributed by atoms with Crippen LogP contribution in [0.25, 0.3) is 0 Å². The van der Waals surface area contributed by atoms with Crippen LogP contribution >= 0.6 is 0 Å². The molecule has 3 rings (SSSR count). The normalized spacial score (nSPS) is 14.3. The van der Waals surface area contributed by atoms with E-state index in [1.54, 1.807) is 36.5 Å². The van der Waals surface area contributed by atoms with Gasteiger partial charge in [-0.25, -0.2) is 5.01 Å². The van der Waals surface area contributed by atoms with Gasteiger partial charge in [0.15, 0.2) is 0 Å². The second kappa shape index (κ2) is 6.35. The fourth-order valence-corrected chi connectivity index (χ4v) is 2.49. The number of benzene rings is 1. The van der Waals surface area contributed by atoms with Crippen LogP contribution in [0.5, 0.6) is 0 Å². The van der Waals surface area contributed by atoms with Crippen LogP contribution in [0.1, 0.15) is 28.8 Å². The summed E-state index contributed by atoms with van der Waals surface area (Å²) in [6.45, 7) is 0.484. The molecule has 2 heterocycles. The molecule has 1 aromatic heterocycles. The number of carbonyl (C=O) groups is 1. The van der Waals surface area contributed by atoms with Crippen LogP contribution in [0.4, 0.5) is 5.69 Å². The van der Waals surface area contributed by atoms with E-state index in [2.05, 4.69) is 10.1 Å². The van der Waals surface area contributed by atoms with Crippen LogP contribution in [-0.4, -0.2) is 33.1 Å². The van der Waals surface area contributed by atoms with Gasteiger partial charge in [-0.3, -0.25) is 19.9 Å². The Morgan fingerprint density at radius 3 is 2.78 bits per heavy atom. The summed E-state index contributed by atoms with van der Waals surface area (Å²) in [4.78, 5) is 27.1. The molecular weight excluding hydrogens is 296 g/mol. The predicted molar refractivity (Wildman–Crippen MR) is 84.1 cm³/mol. The molecule has 2 aromatic rings. The molecule has 23 heavy (non-hydrogen) atoms. The smallest absolute Gasteiger partial charge is 0.267 e. The van der Waals surface area contributed by atoms with Gasteiger partial charge >= 0.3 is 0 Å². The molecule has 0 aliphatic carbocycles. The van der Waals surface area contributed by atoms with Crippen LogP contribution in [0.15, 0.2) is 53.9 Å². The van der Waals surface area contributed by atoms with Gasteiger partial charge < -0.3 is 0 Å². The topological polar surface area (TPSA) is 88.7 Å². The molecule has 7 nitrogen and oxygen atoms in total. The van der Waals surface area contributed by atoms with Crippen LogP contribution in [-0.2, 0) is 0 Å². The summed E-state index contributed by atoms with van der Waals surface area (Å²) < 4.78 is 0. The van der Waals surface area contributed by atoms with Crippen molar-refractivity contribution in [2.75, 3.05) is 6.54 Å². The molecule has 116 valence electrons. The first-order chi connectivity index (χ1) is 11.2. The second-order valence-electron chi connectivity index (χ2n) is 5.09. The highest BCUT2D eigenvalue weighted by Crippen LogP contribution is 2.23. The van der Waals surface area contributed by atoms with Gasteiger partial charge in [-0.05, 0) is 31.0 Å². The number of amides is 1. The third kappa shape index (κ3) is 3.08. The molecule has 0 saturated heterocycles. The molecule has 0 N–H and O–H groups in total. The van der Waals surface area contributed by atoms with Gasteiger partial charge in [-0.15, -0.1) is 0 Å². The predicted octanol–water partition coefficient (Wildman–Crippen LogP) is 2.63. The number of pyridine rings is 1. The van der Waals surface area contributed by atoms with E-state index in [1.807, 2.05) is 0 Å². The summed E-state index contributed by atoms with van der Waals surface area (Å²) in [6, 6.07) is 9.80. The van der Waals surface area contributed by atoms with Crippen LogP contribution in [0, 0.1) is 10.1 Å². The molecule has 0 fully saturated rings. The zero-order chi connectivity index (χ0) is 16.2. The van der Waals surface area contributed by atoms with E-state index in [4.69, 9.17) is 0 Å². The molecule has 0 radical (unpaired) electrons. The van der Waals surface area contributed by atoms with E-state index >= 15 is 0 Å². The van der Waals surface area contributed by atoms with E-state index in [1.165, 1.54) is 17.3 Å². The summed E-state index contributed by atoms with van der Waals surface area (Å²) in [5.41, 5.74) is 1.46. The summed E-state index contributed by atoms with van der Waals surface area (Å²) >= 11 is 0. The van der Waals surface area contributed by atoms with Crippen LogP contribution in [0.2, 0.25) is 0 Å². The minimum absolute atomic E-state index is 0.00178. The zero-order valence-electron chi connectivity index (χ0n) is 12.3. The quantitative estimate of drug-likeness (QED) is 0.644.